The molecule has 3 aromatic rings. The predicted molar refractivity (Wildman–Crippen MR) is 105 cm³/mol. The van der Waals surface area contributed by atoms with Crippen LogP contribution in [0.4, 0.5) is 5.95 Å². The third-order valence-corrected chi connectivity index (χ3v) is 4.19. The first kappa shape index (κ1) is 18.4. The summed E-state index contributed by atoms with van der Waals surface area (Å²) in [7, 11) is 1.61. The second kappa shape index (κ2) is 8.80. The number of ether oxygens (including phenoxy) is 1. The third kappa shape index (κ3) is 4.82. The molecule has 0 aliphatic carbocycles. The maximum atomic E-state index is 12.3. The quantitative estimate of drug-likeness (QED) is 0.672. The van der Waals surface area contributed by atoms with Crippen LogP contribution >= 0.6 is 0 Å². The average Bonchev–Trinajstić information content (AvgIpc) is 2.73. The fourth-order valence-corrected chi connectivity index (χ4v) is 2.67. The predicted octanol–water partition coefficient (Wildman–Crippen LogP) is 3.59. The van der Waals surface area contributed by atoms with E-state index >= 15 is 0 Å². The minimum absolute atomic E-state index is 0.0661. The van der Waals surface area contributed by atoms with Crippen LogP contribution in [0.3, 0.4) is 0 Å². The lowest BCUT2D eigenvalue weighted by atomic mass is 10.1. The van der Waals surface area contributed by atoms with Gasteiger partial charge >= 0.3 is 0 Å². The summed E-state index contributed by atoms with van der Waals surface area (Å²) in [6, 6.07) is 17.7. The summed E-state index contributed by atoms with van der Waals surface area (Å²) in [5.41, 5.74) is 2.45. The molecule has 0 fully saturated rings. The summed E-state index contributed by atoms with van der Waals surface area (Å²) < 4.78 is 5.29. The second-order valence-corrected chi connectivity index (χ2v) is 6.07. The van der Waals surface area contributed by atoms with Gasteiger partial charge in [-0.15, -0.1) is 0 Å². The van der Waals surface area contributed by atoms with Gasteiger partial charge < -0.3 is 15.4 Å². The van der Waals surface area contributed by atoms with E-state index in [2.05, 4.69) is 20.6 Å². The first-order valence-electron chi connectivity index (χ1n) is 8.71. The molecule has 1 atom stereocenters. The number of carbonyl (C=O) groups is 1. The van der Waals surface area contributed by atoms with E-state index in [4.69, 9.17) is 4.74 Å². The summed E-state index contributed by atoms with van der Waals surface area (Å²) in [4.78, 5) is 20.8. The Hall–Kier alpha value is -3.41. The van der Waals surface area contributed by atoms with Gasteiger partial charge in [0, 0.05) is 24.5 Å². The highest BCUT2D eigenvalue weighted by molar-refractivity contribution is 5.93. The Morgan fingerprint density at radius 2 is 1.70 bits per heavy atom. The molecule has 2 aromatic carbocycles. The van der Waals surface area contributed by atoms with Crippen LogP contribution in [0.25, 0.3) is 0 Å². The van der Waals surface area contributed by atoms with Crippen molar-refractivity contribution in [1.29, 1.82) is 0 Å². The number of benzene rings is 2. The lowest BCUT2D eigenvalue weighted by Crippen LogP contribution is -2.23. The Bertz CT molecular complexity index is 882. The molecule has 27 heavy (non-hydrogen) atoms. The van der Waals surface area contributed by atoms with Crippen LogP contribution in [0.1, 0.15) is 34.5 Å². The van der Waals surface area contributed by atoms with Crippen molar-refractivity contribution in [3.05, 3.63) is 83.7 Å². The summed E-state index contributed by atoms with van der Waals surface area (Å²) in [5, 5.41) is 6.08. The summed E-state index contributed by atoms with van der Waals surface area (Å²) in [6.07, 6.45) is 3.04. The molecule has 0 saturated heterocycles. The number of anilines is 1. The summed E-state index contributed by atoms with van der Waals surface area (Å²) in [6.45, 7) is 2.40. The Kier molecular flexibility index (Phi) is 5.99. The average molecular weight is 362 g/mol. The molecule has 0 radical (unpaired) electrons. The fraction of sp³-hybridized carbons (Fsp3) is 0.190. The minimum atomic E-state index is -0.233. The first-order valence-corrected chi connectivity index (χ1v) is 8.71. The van der Waals surface area contributed by atoms with E-state index in [9.17, 15) is 4.79 Å². The smallest absolute Gasteiger partial charge is 0.254 e. The van der Waals surface area contributed by atoms with E-state index in [0.717, 1.165) is 16.9 Å². The van der Waals surface area contributed by atoms with Crippen molar-refractivity contribution in [2.45, 2.75) is 19.5 Å². The van der Waals surface area contributed by atoms with Gasteiger partial charge in [0.05, 0.1) is 18.7 Å². The SMILES string of the molecule is COc1ccccc1CNC(=O)c1cnc(NC(C)c2ccccc2)nc1. The molecule has 1 aromatic heterocycles. The normalized spacial score (nSPS) is 11.5. The molecule has 0 aliphatic rings. The molecule has 2 N–H and O–H groups in total. The highest BCUT2D eigenvalue weighted by atomic mass is 16.5. The fourth-order valence-electron chi connectivity index (χ4n) is 2.67. The lowest BCUT2D eigenvalue weighted by molar-refractivity contribution is 0.0950. The van der Waals surface area contributed by atoms with E-state index in [-0.39, 0.29) is 11.9 Å². The molecule has 1 amide bonds. The molecule has 0 spiro atoms. The lowest BCUT2D eigenvalue weighted by Gasteiger charge is -2.14. The monoisotopic (exact) mass is 362 g/mol. The Labute approximate surface area is 158 Å². The highest BCUT2D eigenvalue weighted by Crippen LogP contribution is 2.17. The van der Waals surface area contributed by atoms with E-state index < -0.39 is 0 Å². The van der Waals surface area contributed by atoms with Crippen LogP contribution in [0.5, 0.6) is 5.75 Å². The van der Waals surface area contributed by atoms with E-state index in [1.54, 1.807) is 7.11 Å². The van der Waals surface area contributed by atoms with E-state index in [0.29, 0.717) is 18.1 Å². The molecule has 3 rings (SSSR count). The third-order valence-electron chi connectivity index (χ3n) is 4.19. The van der Waals surface area contributed by atoms with Gasteiger partial charge in [-0.1, -0.05) is 48.5 Å². The number of aromatic nitrogens is 2. The van der Waals surface area contributed by atoms with Crippen LogP contribution in [-0.2, 0) is 6.54 Å². The topological polar surface area (TPSA) is 76.1 Å². The second-order valence-electron chi connectivity index (χ2n) is 6.07. The van der Waals surface area contributed by atoms with E-state index in [1.165, 1.54) is 12.4 Å². The standard InChI is InChI=1S/C21H22N4O2/c1-15(16-8-4-3-5-9-16)25-21-23-13-18(14-24-21)20(26)22-12-17-10-6-7-11-19(17)27-2/h3-11,13-15H,12H2,1-2H3,(H,22,26)(H,23,24,25). The number of methoxy groups -OCH3 is 1. The highest BCUT2D eigenvalue weighted by Gasteiger charge is 2.10. The first-order chi connectivity index (χ1) is 13.2. The Morgan fingerprint density at radius 1 is 1.04 bits per heavy atom. The van der Waals surface area contributed by atoms with Crippen molar-refractivity contribution in [1.82, 2.24) is 15.3 Å². The van der Waals surface area contributed by atoms with Gasteiger partial charge in [-0.25, -0.2) is 9.97 Å². The van der Waals surface area contributed by atoms with Gasteiger partial charge in [0.15, 0.2) is 0 Å². The van der Waals surface area contributed by atoms with Crippen molar-refractivity contribution < 1.29 is 9.53 Å². The number of hydrogen-bond donors (Lipinski definition) is 2. The maximum absolute atomic E-state index is 12.3. The zero-order valence-electron chi connectivity index (χ0n) is 15.3. The van der Waals surface area contributed by atoms with Crippen LogP contribution < -0.4 is 15.4 Å². The van der Waals surface area contributed by atoms with Crippen molar-refractivity contribution in [2.75, 3.05) is 12.4 Å². The van der Waals surface area contributed by atoms with Gasteiger partial charge in [0.1, 0.15) is 5.75 Å². The number of para-hydroxylation sites is 1. The van der Waals surface area contributed by atoms with Crippen LogP contribution in [-0.4, -0.2) is 23.0 Å². The van der Waals surface area contributed by atoms with Gasteiger partial charge in [-0.3, -0.25) is 4.79 Å². The molecule has 138 valence electrons. The summed E-state index contributed by atoms with van der Waals surface area (Å²) in [5.74, 6) is 0.986. The number of hydrogen-bond acceptors (Lipinski definition) is 5. The largest absolute Gasteiger partial charge is 0.496 e. The van der Waals surface area contributed by atoms with Gasteiger partial charge in [0.2, 0.25) is 5.95 Å². The van der Waals surface area contributed by atoms with Crippen molar-refractivity contribution in [2.24, 2.45) is 0 Å². The molecule has 0 bridgehead atoms. The number of rotatable bonds is 7. The molecule has 1 heterocycles. The molecular formula is C21H22N4O2. The zero-order chi connectivity index (χ0) is 19.1. The Balaban J connectivity index is 1.59. The minimum Gasteiger partial charge on any atom is -0.496 e. The van der Waals surface area contributed by atoms with Crippen molar-refractivity contribution in [3.63, 3.8) is 0 Å². The number of carbonyl (C=O) groups excluding carboxylic acids is 1. The Morgan fingerprint density at radius 3 is 2.41 bits per heavy atom. The van der Waals surface area contributed by atoms with Crippen LogP contribution in [0.2, 0.25) is 0 Å². The summed E-state index contributed by atoms with van der Waals surface area (Å²) >= 11 is 0. The molecular weight excluding hydrogens is 340 g/mol. The van der Waals surface area contributed by atoms with Gasteiger partial charge in [-0.05, 0) is 18.6 Å². The van der Waals surface area contributed by atoms with Gasteiger partial charge in [0.25, 0.3) is 5.91 Å². The molecule has 1 unspecified atom stereocenters. The van der Waals surface area contributed by atoms with Gasteiger partial charge in [-0.2, -0.15) is 0 Å². The van der Waals surface area contributed by atoms with E-state index in [1.807, 2.05) is 61.5 Å². The van der Waals surface area contributed by atoms with Crippen LogP contribution in [0, 0.1) is 0 Å². The van der Waals surface area contributed by atoms with Crippen LogP contribution in [0.15, 0.2) is 67.0 Å². The molecule has 6 heteroatoms. The van der Waals surface area contributed by atoms with Crippen molar-refractivity contribution in [3.8, 4) is 5.75 Å². The number of nitrogens with one attached hydrogen (secondary N) is 2. The molecule has 6 nitrogen and oxygen atoms in total. The number of nitrogens with zero attached hydrogens (tertiary/aromatic N) is 2. The molecule has 0 aliphatic heterocycles. The number of amides is 1. The molecule has 0 saturated carbocycles. The zero-order valence-corrected chi connectivity index (χ0v) is 15.3. The van der Waals surface area contributed by atoms with Crippen molar-refractivity contribution >= 4 is 11.9 Å². The maximum Gasteiger partial charge on any atom is 0.254 e.